The molecule has 2 aromatic carbocycles. The predicted octanol–water partition coefficient (Wildman–Crippen LogP) is 0.819. The summed E-state index contributed by atoms with van der Waals surface area (Å²) in [6.07, 6.45) is 1.06. The van der Waals surface area contributed by atoms with Crippen LogP contribution in [0.1, 0.15) is 18.8 Å². The van der Waals surface area contributed by atoms with Crippen LogP contribution in [0.5, 0.6) is 5.75 Å². The Labute approximate surface area is 206 Å². The molecule has 0 amide bonds. The van der Waals surface area contributed by atoms with E-state index in [2.05, 4.69) is 65.3 Å². The van der Waals surface area contributed by atoms with Gasteiger partial charge in [0.25, 0.3) is 0 Å². The van der Waals surface area contributed by atoms with Crippen LogP contribution in [-0.4, -0.2) is 28.3 Å². The third kappa shape index (κ3) is 9.30. The zero-order chi connectivity index (χ0) is 19.0. The first-order valence-corrected chi connectivity index (χ1v) is 10.4. The van der Waals surface area contributed by atoms with Gasteiger partial charge in [0.2, 0.25) is 0 Å². The third-order valence-corrected chi connectivity index (χ3v) is 4.50. The fraction of sp³-hybridized carbons (Fsp3) is 0.222. The number of hydrogen-bond acceptors (Lipinski definition) is 4. The van der Waals surface area contributed by atoms with Crippen molar-refractivity contribution in [3.63, 3.8) is 0 Å². The number of rotatable bonds is 6. The Morgan fingerprint density at radius 1 is 1.11 bits per heavy atom. The van der Waals surface area contributed by atoms with E-state index >= 15 is 0 Å². The van der Waals surface area contributed by atoms with E-state index in [9.17, 15) is 0 Å². The summed E-state index contributed by atoms with van der Waals surface area (Å²) >= 11 is 1.75. The molecular weight excluding hydrogens is 412 g/mol. The molecule has 27 heavy (non-hydrogen) atoms. The zero-order valence-electron chi connectivity index (χ0n) is 16.3. The number of thiophene rings is 1. The van der Waals surface area contributed by atoms with Crippen LogP contribution in [0.4, 0.5) is 0 Å². The van der Waals surface area contributed by atoms with E-state index < -0.39 is 7.82 Å². The van der Waals surface area contributed by atoms with Gasteiger partial charge in [-0.15, -0.1) is 11.3 Å². The molecule has 3 rings (SSSR count). The van der Waals surface area contributed by atoms with Crippen molar-refractivity contribution in [2.24, 2.45) is 0 Å². The van der Waals surface area contributed by atoms with Crippen molar-refractivity contribution < 1.29 is 76.8 Å². The summed E-state index contributed by atoms with van der Waals surface area (Å²) in [4.78, 5) is 22.8. The standard InChI is InChI=1S/C18H19NOS.K.H3O4P.H/c1-19-12-11-17(18-10-5-13-21-18)20-16-9-4-7-14-6-2-3-8-15(14)16;;1-5(2,3)4;/h2-10,13,17,19H,11-12H2,1H3;;(H3,1,2,3,4);/q;+1;;-1. The van der Waals surface area contributed by atoms with Gasteiger partial charge in [0.15, 0.2) is 0 Å². The van der Waals surface area contributed by atoms with Gasteiger partial charge in [-0.2, -0.15) is 0 Å². The molecule has 0 aliphatic rings. The summed E-state index contributed by atoms with van der Waals surface area (Å²) in [7, 11) is -2.66. The van der Waals surface area contributed by atoms with E-state index in [1.54, 1.807) is 11.3 Å². The molecule has 142 valence electrons. The molecule has 9 heteroatoms. The Morgan fingerprint density at radius 3 is 2.41 bits per heavy atom. The average molecular weight is 436 g/mol. The summed E-state index contributed by atoms with van der Waals surface area (Å²) in [5.74, 6) is 0.961. The van der Waals surface area contributed by atoms with Gasteiger partial charge >= 0.3 is 59.2 Å². The van der Waals surface area contributed by atoms with Gasteiger partial charge in [-0.25, -0.2) is 4.57 Å². The maximum atomic E-state index is 8.88. The number of fused-ring (bicyclic) bond motifs is 1. The Bertz CT molecular complexity index is 849. The molecule has 0 aliphatic heterocycles. The third-order valence-electron chi connectivity index (χ3n) is 3.54. The van der Waals surface area contributed by atoms with Crippen LogP contribution < -0.4 is 61.4 Å². The number of hydrogen-bond donors (Lipinski definition) is 4. The SMILES string of the molecule is CNCCC(Oc1cccc2ccccc12)c1cccs1.O=P(O)(O)O.[H-].[K+]. The van der Waals surface area contributed by atoms with Crippen molar-refractivity contribution in [1.29, 1.82) is 0 Å². The molecule has 4 N–H and O–H groups in total. The maximum Gasteiger partial charge on any atom is 1.00 e. The smallest absolute Gasteiger partial charge is 1.00 e. The van der Waals surface area contributed by atoms with Crippen LogP contribution in [0.25, 0.3) is 10.8 Å². The van der Waals surface area contributed by atoms with E-state index in [4.69, 9.17) is 24.0 Å². The van der Waals surface area contributed by atoms with Crippen LogP contribution in [0.15, 0.2) is 60.0 Å². The number of nitrogens with one attached hydrogen (secondary N) is 1. The molecule has 0 fully saturated rings. The van der Waals surface area contributed by atoms with E-state index in [0.29, 0.717) is 0 Å². The van der Waals surface area contributed by atoms with Crippen LogP contribution in [-0.2, 0) is 4.57 Å². The minimum Gasteiger partial charge on any atom is -1.00 e. The Morgan fingerprint density at radius 2 is 1.78 bits per heavy atom. The Hall–Kier alpha value is -0.0936. The second-order valence-corrected chi connectivity index (χ2v) is 7.51. The van der Waals surface area contributed by atoms with Crippen molar-refractivity contribution in [2.45, 2.75) is 12.5 Å². The van der Waals surface area contributed by atoms with E-state index in [0.717, 1.165) is 18.7 Å². The van der Waals surface area contributed by atoms with Crippen LogP contribution in [0.2, 0.25) is 0 Å². The summed E-state index contributed by atoms with van der Waals surface area (Å²) in [5, 5.41) is 7.70. The Balaban J connectivity index is 0.000000934. The molecule has 1 aromatic heterocycles. The second-order valence-electron chi connectivity index (χ2n) is 5.50. The first-order chi connectivity index (χ1) is 12.4. The predicted molar refractivity (Wildman–Crippen MR) is 106 cm³/mol. The summed E-state index contributed by atoms with van der Waals surface area (Å²) in [6.45, 7) is 0.938. The van der Waals surface area contributed by atoms with E-state index in [-0.39, 0.29) is 58.9 Å². The first kappa shape index (κ1) is 24.9. The quantitative estimate of drug-likeness (QED) is 0.338. The zero-order valence-corrected chi connectivity index (χ0v) is 20.1. The fourth-order valence-corrected chi connectivity index (χ4v) is 3.25. The molecule has 0 saturated carbocycles. The van der Waals surface area contributed by atoms with Crippen molar-refractivity contribution in [3.05, 3.63) is 64.9 Å². The average Bonchev–Trinajstić information content (AvgIpc) is 3.12. The number of benzene rings is 2. The molecule has 1 heterocycles. The van der Waals surface area contributed by atoms with Crippen molar-refractivity contribution in [1.82, 2.24) is 5.32 Å². The molecule has 6 nitrogen and oxygen atoms in total. The van der Waals surface area contributed by atoms with Gasteiger partial charge in [0.1, 0.15) is 11.9 Å². The topological polar surface area (TPSA) is 99.0 Å². The fourth-order valence-electron chi connectivity index (χ4n) is 2.46. The van der Waals surface area contributed by atoms with Gasteiger partial charge in [-0.3, -0.25) is 0 Å². The van der Waals surface area contributed by atoms with Gasteiger partial charge in [0.05, 0.1) is 0 Å². The minimum absolute atomic E-state index is 0. The van der Waals surface area contributed by atoms with Crippen molar-refractivity contribution in [3.8, 4) is 5.75 Å². The normalized spacial score (nSPS) is 11.9. The molecule has 0 aliphatic carbocycles. The summed E-state index contributed by atoms with van der Waals surface area (Å²) < 4.78 is 15.2. The molecular formula is C18H23KNO5PS. The maximum absolute atomic E-state index is 8.88. The molecule has 1 unspecified atom stereocenters. The number of phosphoric acid groups is 1. The van der Waals surface area contributed by atoms with Gasteiger partial charge in [0, 0.05) is 16.7 Å². The molecule has 0 saturated heterocycles. The Kier molecular flexibility index (Phi) is 11.5. The molecule has 0 bridgehead atoms. The van der Waals surface area contributed by atoms with Gasteiger partial charge < -0.3 is 26.2 Å². The molecule has 3 aromatic rings. The van der Waals surface area contributed by atoms with Crippen LogP contribution >= 0.6 is 19.2 Å². The van der Waals surface area contributed by atoms with E-state index in [1.807, 2.05) is 7.05 Å². The summed E-state index contributed by atoms with van der Waals surface area (Å²) in [5.41, 5.74) is 0. The first-order valence-electron chi connectivity index (χ1n) is 7.99. The molecule has 0 spiro atoms. The van der Waals surface area contributed by atoms with Gasteiger partial charge in [-0.05, 0) is 36.5 Å². The number of ether oxygens (including phenoxy) is 1. The van der Waals surface area contributed by atoms with Crippen molar-refractivity contribution >= 4 is 29.9 Å². The van der Waals surface area contributed by atoms with Crippen LogP contribution in [0.3, 0.4) is 0 Å². The summed E-state index contributed by atoms with van der Waals surface area (Å²) in [6, 6.07) is 18.8. The molecule has 1 atom stereocenters. The van der Waals surface area contributed by atoms with Gasteiger partial charge in [-0.1, -0.05) is 42.5 Å². The van der Waals surface area contributed by atoms with Crippen LogP contribution in [0, 0.1) is 0 Å². The second kappa shape index (κ2) is 12.5. The molecule has 0 radical (unpaired) electrons. The largest absolute Gasteiger partial charge is 1.00 e. The minimum atomic E-state index is -4.64. The monoisotopic (exact) mass is 435 g/mol. The van der Waals surface area contributed by atoms with E-state index in [1.165, 1.54) is 15.6 Å². The van der Waals surface area contributed by atoms with Crippen molar-refractivity contribution in [2.75, 3.05) is 13.6 Å².